The van der Waals surface area contributed by atoms with E-state index < -0.39 is 10.0 Å². The first-order valence-corrected chi connectivity index (χ1v) is 9.55. The molecule has 0 fully saturated rings. The van der Waals surface area contributed by atoms with Gasteiger partial charge in [-0.3, -0.25) is 9.78 Å². The van der Waals surface area contributed by atoms with Crippen molar-refractivity contribution in [3.63, 3.8) is 0 Å². The molecule has 7 heteroatoms. The molecule has 0 saturated carbocycles. The molecule has 1 heterocycles. The largest absolute Gasteiger partial charge is 0.348 e. The Morgan fingerprint density at radius 2 is 1.92 bits per heavy atom. The highest BCUT2D eigenvalue weighted by Crippen LogP contribution is 2.14. The van der Waals surface area contributed by atoms with Crippen molar-refractivity contribution in [2.24, 2.45) is 0 Å². The molecule has 0 saturated heterocycles. The Labute approximate surface area is 148 Å². The number of amides is 1. The van der Waals surface area contributed by atoms with Gasteiger partial charge in [0.25, 0.3) is 0 Å². The van der Waals surface area contributed by atoms with Crippen molar-refractivity contribution < 1.29 is 13.2 Å². The third kappa shape index (κ3) is 5.37. The summed E-state index contributed by atoms with van der Waals surface area (Å²) < 4.78 is 27.0. The van der Waals surface area contributed by atoms with Crippen LogP contribution in [0.3, 0.4) is 0 Å². The molecule has 6 nitrogen and oxygen atoms in total. The van der Waals surface area contributed by atoms with Gasteiger partial charge in [0.1, 0.15) is 0 Å². The molecule has 134 valence electrons. The van der Waals surface area contributed by atoms with Crippen molar-refractivity contribution in [1.29, 1.82) is 0 Å². The first-order valence-electron chi connectivity index (χ1n) is 8.07. The minimum absolute atomic E-state index is 0.0377. The molecule has 2 N–H and O–H groups in total. The molecule has 1 aromatic carbocycles. The minimum atomic E-state index is -3.62. The number of carbonyl (C=O) groups excluding carboxylic acids is 1. The summed E-state index contributed by atoms with van der Waals surface area (Å²) in [5, 5.41) is 2.80. The van der Waals surface area contributed by atoms with E-state index in [9.17, 15) is 13.2 Å². The lowest BCUT2D eigenvalue weighted by Gasteiger charge is -2.13. The monoisotopic (exact) mass is 361 g/mol. The van der Waals surface area contributed by atoms with Gasteiger partial charge in [0.15, 0.2) is 0 Å². The summed E-state index contributed by atoms with van der Waals surface area (Å²) in [5.41, 5.74) is 2.69. The van der Waals surface area contributed by atoms with Crippen LogP contribution in [0.1, 0.15) is 36.2 Å². The number of hydrogen-bond acceptors (Lipinski definition) is 4. The number of hydrogen-bond donors (Lipinski definition) is 2. The summed E-state index contributed by atoms with van der Waals surface area (Å²) in [6, 6.07) is 10.2. The van der Waals surface area contributed by atoms with Crippen LogP contribution >= 0.6 is 0 Å². The number of pyridine rings is 1. The lowest BCUT2D eigenvalue weighted by atomic mass is 10.1. The van der Waals surface area contributed by atoms with Gasteiger partial charge in [-0.25, -0.2) is 13.1 Å². The Morgan fingerprint density at radius 1 is 1.16 bits per heavy atom. The van der Waals surface area contributed by atoms with Crippen LogP contribution in [0.2, 0.25) is 0 Å². The summed E-state index contributed by atoms with van der Waals surface area (Å²) >= 11 is 0. The molecule has 0 aliphatic heterocycles. The fourth-order valence-corrected chi connectivity index (χ4v) is 3.40. The number of nitrogens with one attached hydrogen (secondary N) is 2. The van der Waals surface area contributed by atoms with Crippen LogP contribution in [0.25, 0.3) is 0 Å². The molecule has 2 rings (SSSR count). The van der Waals surface area contributed by atoms with E-state index in [1.54, 1.807) is 30.5 Å². The molecule has 2 aromatic rings. The maximum Gasteiger partial charge on any atom is 0.240 e. The number of aryl methyl sites for hydroxylation is 2. The lowest BCUT2D eigenvalue weighted by molar-refractivity contribution is -0.121. The normalized spacial score (nSPS) is 12.6. The highest BCUT2D eigenvalue weighted by molar-refractivity contribution is 7.89. The van der Waals surface area contributed by atoms with Crippen molar-refractivity contribution in [2.75, 3.05) is 6.54 Å². The summed E-state index contributed by atoms with van der Waals surface area (Å²) in [5.74, 6) is -0.235. The van der Waals surface area contributed by atoms with E-state index in [1.165, 1.54) is 0 Å². The van der Waals surface area contributed by atoms with Crippen LogP contribution in [-0.2, 0) is 14.8 Å². The van der Waals surface area contributed by atoms with Crippen molar-refractivity contribution in [2.45, 2.75) is 38.1 Å². The zero-order valence-corrected chi connectivity index (χ0v) is 15.4. The fourth-order valence-electron chi connectivity index (χ4n) is 2.28. The lowest BCUT2D eigenvalue weighted by Crippen LogP contribution is -2.32. The smallest absolute Gasteiger partial charge is 0.240 e. The molecule has 1 unspecified atom stereocenters. The van der Waals surface area contributed by atoms with Crippen LogP contribution in [0.4, 0.5) is 0 Å². The van der Waals surface area contributed by atoms with Crippen molar-refractivity contribution >= 4 is 15.9 Å². The average Bonchev–Trinajstić information content (AvgIpc) is 2.57. The van der Waals surface area contributed by atoms with Gasteiger partial charge in [-0.05, 0) is 56.2 Å². The second-order valence-corrected chi connectivity index (χ2v) is 7.70. The van der Waals surface area contributed by atoms with Gasteiger partial charge in [-0.1, -0.05) is 12.1 Å². The molecular weight excluding hydrogens is 338 g/mol. The van der Waals surface area contributed by atoms with Gasteiger partial charge in [-0.2, -0.15) is 0 Å². The molecule has 25 heavy (non-hydrogen) atoms. The predicted octanol–water partition coefficient (Wildman–Crippen LogP) is 2.24. The Bertz CT molecular complexity index is 836. The Morgan fingerprint density at radius 3 is 2.56 bits per heavy atom. The standard InChI is InChI=1S/C18H23N3O3S/c1-13-7-8-16(12-14(13)2)25(23,24)20-11-9-18(22)21-15(3)17-6-4-5-10-19-17/h4-8,10,12,15,20H,9,11H2,1-3H3,(H,21,22). The minimum Gasteiger partial charge on any atom is -0.348 e. The quantitative estimate of drug-likeness (QED) is 0.792. The van der Waals surface area contributed by atoms with E-state index >= 15 is 0 Å². The number of nitrogens with zero attached hydrogens (tertiary/aromatic N) is 1. The van der Waals surface area contributed by atoms with Crippen LogP contribution in [0, 0.1) is 13.8 Å². The second kappa shape index (κ2) is 8.22. The highest BCUT2D eigenvalue weighted by Gasteiger charge is 2.16. The van der Waals surface area contributed by atoms with E-state index in [4.69, 9.17) is 0 Å². The maximum atomic E-state index is 12.3. The molecular formula is C18H23N3O3S. The van der Waals surface area contributed by atoms with E-state index in [0.29, 0.717) is 0 Å². The molecule has 0 spiro atoms. The first-order chi connectivity index (χ1) is 11.8. The Kier molecular flexibility index (Phi) is 6.27. The number of carbonyl (C=O) groups is 1. The number of sulfonamides is 1. The zero-order chi connectivity index (χ0) is 18.4. The van der Waals surface area contributed by atoms with E-state index in [1.807, 2.05) is 32.9 Å². The number of rotatable bonds is 7. The second-order valence-electron chi connectivity index (χ2n) is 5.94. The molecule has 0 aliphatic carbocycles. The van der Waals surface area contributed by atoms with Gasteiger partial charge in [0.05, 0.1) is 16.6 Å². The van der Waals surface area contributed by atoms with Crippen molar-refractivity contribution in [1.82, 2.24) is 15.0 Å². The zero-order valence-electron chi connectivity index (χ0n) is 14.6. The van der Waals surface area contributed by atoms with Crippen LogP contribution in [0.15, 0.2) is 47.5 Å². The van der Waals surface area contributed by atoms with Gasteiger partial charge in [0, 0.05) is 19.2 Å². The van der Waals surface area contributed by atoms with E-state index in [2.05, 4.69) is 15.0 Å². The molecule has 0 radical (unpaired) electrons. The van der Waals surface area contributed by atoms with Gasteiger partial charge in [-0.15, -0.1) is 0 Å². The number of aromatic nitrogens is 1. The van der Waals surface area contributed by atoms with E-state index in [0.717, 1.165) is 16.8 Å². The number of benzene rings is 1. The van der Waals surface area contributed by atoms with Gasteiger partial charge >= 0.3 is 0 Å². The topological polar surface area (TPSA) is 88.2 Å². The Balaban J connectivity index is 1.86. The van der Waals surface area contributed by atoms with E-state index in [-0.39, 0.29) is 29.8 Å². The van der Waals surface area contributed by atoms with Crippen LogP contribution < -0.4 is 10.0 Å². The molecule has 1 aromatic heterocycles. The SMILES string of the molecule is Cc1ccc(S(=O)(=O)NCCC(=O)NC(C)c2ccccn2)cc1C. The van der Waals surface area contributed by atoms with Gasteiger partial charge < -0.3 is 5.32 Å². The highest BCUT2D eigenvalue weighted by atomic mass is 32.2. The molecule has 0 aliphatic rings. The molecule has 1 amide bonds. The molecule has 0 bridgehead atoms. The predicted molar refractivity (Wildman–Crippen MR) is 96.5 cm³/mol. The summed E-state index contributed by atoms with van der Waals surface area (Å²) in [4.78, 5) is 16.4. The summed E-state index contributed by atoms with van der Waals surface area (Å²) in [7, 11) is -3.62. The first kappa shape index (κ1) is 19.1. The van der Waals surface area contributed by atoms with Crippen LogP contribution in [-0.4, -0.2) is 25.9 Å². The Hall–Kier alpha value is -2.25. The van der Waals surface area contributed by atoms with Crippen LogP contribution in [0.5, 0.6) is 0 Å². The third-order valence-electron chi connectivity index (χ3n) is 3.94. The summed E-state index contributed by atoms with van der Waals surface area (Å²) in [6.07, 6.45) is 1.72. The summed E-state index contributed by atoms with van der Waals surface area (Å²) in [6.45, 7) is 5.66. The van der Waals surface area contributed by atoms with Crippen molar-refractivity contribution in [3.05, 3.63) is 59.4 Å². The molecule has 1 atom stereocenters. The van der Waals surface area contributed by atoms with Crippen molar-refractivity contribution in [3.8, 4) is 0 Å². The maximum absolute atomic E-state index is 12.3. The average molecular weight is 361 g/mol. The fraction of sp³-hybridized carbons (Fsp3) is 0.333. The third-order valence-corrected chi connectivity index (χ3v) is 5.40. The van der Waals surface area contributed by atoms with Gasteiger partial charge in [0.2, 0.25) is 15.9 Å².